The monoisotopic (exact) mass is 266 g/mol. The smallest absolute Gasteiger partial charge is 0.159 e. The molecule has 1 rings (SSSR count). The third-order valence-electron chi connectivity index (χ3n) is 2.76. The summed E-state index contributed by atoms with van der Waals surface area (Å²) in [5.41, 5.74) is 3.58. The molecule has 0 aromatic heterocycles. The summed E-state index contributed by atoms with van der Waals surface area (Å²) in [6.07, 6.45) is 13.8. The predicted molar refractivity (Wildman–Crippen MR) is 90.3 cm³/mol. The molecule has 2 heteroatoms. The summed E-state index contributed by atoms with van der Waals surface area (Å²) in [5, 5.41) is 0. The highest BCUT2D eigenvalue weighted by atomic mass is 14.9. The number of allylic oxidation sites excluding steroid dienone is 7. The van der Waals surface area contributed by atoms with Gasteiger partial charge in [-0.1, -0.05) is 56.2 Å². The second kappa shape index (κ2) is 8.05. The Labute approximate surface area is 122 Å². The minimum Gasteiger partial charge on any atom is -0.234 e. The lowest BCUT2D eigenvalue weighted by molar-refractivity contribution is 1.03. The molecule has 2 nitrogen and oxygen atoms in total. The predicted octanol–water partition coefficient (Wildman–Crippen LogP) is 4.95. The van der Waals surface area contributed by atoms with Gasteiger partial charge >= 0.3 is 0 Å². The maximum Gasteiger partial charge on any atom is 0.159 e. The highest BCUT2D eigenvalue weighted by Crippen LogP contribution is 2.15. The molecule has 0 saturated carbocycles. The van der Waals surface area contributed by atoms with Gasteiger partial charge in [0.2, 0.25) is 0 Å². The molecule has 20 heavy (non-hydrogen) atoms. The molecule has 0 aromatic carbocycles. The van der Waals surface area contributed by atoms with Crippen molar-refractivity contribution in [3.05, 3.63) is 73.0 Å². The first-order chi connectivity index (χ1) is 9.58. The molecule has 104 valence electrons. The first-order valence-electron chi connectivity index (χ1n) is 6.70. The van der Waals surface area contributed by atoms with E-state index in [0.717, 1.165) is 35.4 Å². The van der Waals surface area contributed by atoms with Gasteiger partial charge in [-0.3, -0.25) is 0 Å². The first kappa shape index (κ1) is 15.8. The second-order valence-corrected chi connectivity index (χ2v) is 4.57. The molecule has 0 saturated heterocycles. The van der Waals surface area contributed by atoms with Crippen LogP contribution in [0.1, 0.15) is 26.7 Å². The van der Waals surface area contributed by atoms with Crippen molar-refractivity contribution in [3.8, 4) is 0 Å². The van der Waals surface area contributed by atoms with Crippen LogP contribution in [-0.4, -0.2) is 11.5 Å². The summed E-state index contributed by atoms with van der Waals surface area (Å²) in [6, 6.07) is 0. The van der Waals surface area contributed by atoms with Crippen molar-refractivity contribution < 1.29 is 0 Å². The lowest BCUT2D eigenvalue weighted by Gasteiger charge is -2.09. The van der Waals surface area contributed by atoms with Crippen LogP contribution < -0.4 is 0 Å². The third kappa shape index (κ3) is 4.81. The van der Waals surface area contributed by atoms with Crippen molar-refractivity contribution >= 4 is 11.5 Å². The van der Waals surface area contributed by atoms with E-state index in [1.54, 1.807) is 12.2 Å². The van der Waals surface area contributed by atoms with Crippen LogP contribution in [0.5, 0.6) is 0 Å². The van der Waals surface area contributed by atoms with E-state index in [0.29, 0.717) is 5.84 Å². The van der Waals surface area contributed by atoms with Gasteiger partial charge in [-0.2, -0.15) is 0 Å². The summed E-state index contributed by atoms with van der Waals surface area (Å²) < 4.78 is 0. The number of amidine groups is 1. The molecular weight excluding hydrogens is 244 g/mol. The molecule has 0 bridgehead atoms. The molecule has 0 fully saturated rings. The van der Waals surface area contributed by atoms with Crippen LogP contribution in [0.15, 0.2) is 83.0 Å². The maximum absolute atomic E-state index is 4.63. The molecule has 0 N–H and O–H groups in total. The maximum atomic E-state index is 4.63. The van der Waals surface area contributed by atoms with Crippen molar-refractivity contribution in [2.75, 3.05) is 0 Å². The van der Waals surface area contributed by atoms with E-state index in [4.69, 9.17) is 0 Å². The lowest BCUT2D eigenvalue weighted by Crippen LogP contribution is -2.05. The molecule has 0 amide bonds. The van der Waals surface area contributed by atoms with Gasteiger partial charge in [-0.15, -0.1) is 0 Å². The van der Waals surface area contributed by atoms with E-state index >= 15 is 0 Å². The molecule has 0 heterocycles. The first-order valence-corrected chi connectivity index (χ1v) is 6.70. The van der Waals surface area contributed by atoms with Crippen molar-refractivity contribution in [2.24, 2.45) is 9.98 Å². The summed E-state index contributed by atoms with van der Waals surface area (Å²) in [7, 11) is 0. The molecule has 0 spiro atoms. The van der Waals surface area contributed by atoms with Gasteiger partial charge in [0.05, 0.1) is 0 Å². The minimum absolute atomic E-state index is 0.697. The van der Waals surface area contributed by atoms with Crippen LogP contribution in [0.4, 0.5) is 0 Å². The molecule has 1 aliphatic rings. The van der Waals surface area contributed by atoms with Crippen molar-refractivity contribution in [3.63, 3.8) is 0 Å². The lowest BCUT2D eigenvalue weighted by atomic mass is 10.1. The van der Waals surface area contributed by atoms with Crippen LogP contribution >= 0.6 is 0 Å². The SMILES string of the molecule is C=C/C=C(\C=C)C(C)=NC(=NC(=C)C)C1=CCCC=C1. The topological polar surface area (TPSA) is 24.7 Å². The van der Waals surface area contributed by atoms with E-state index in [-0.39, 0.29) is 0 Å². The number of hydrogen-bond donors (Lipinski definition) is 0. The van der Waals surface area contributed by atoms with Gasteiger partial charge in [-0.25, -0.2) is 9.98 Å². The van der Waals surface area contributed by atoms with Gasteiger partial charge in [-0.05, 0) is 32.3 Å². The fraction of sp³-hybridized carbons (Fsp3) is 0.222. The number of aliphatic imine (C=N–C) groups is 2. The summed E-state index contributed by atoms with van der Waals surface area (Å²) in [5.74, 6) is 0.697. The van der Waals surface area contributed by atoms with Gasteiger partial charge in [0.1, 0.15) is 0 Å². The molecular formula is C18H22N2. The van der Waals surface area contributed by atoms with E-state index in [9.17, 15) is 0 Å². The molecule has 0 radical (unpaired) electrons. The zero-order valence-electron chi connectivity index (χ0n) is 12.4. The average molecular weight is 266 g/mol. The van der Waals surface area contributed by atoms with Gasteiger partial charge in [0.15, 0.2) is 5.84 Å². The normalized spacial score (nSPS) is 16.7. The van der Waals surface area contributed by atoms with E-state index < -0.39 is 0 Å². The summed E-state index contributed by atoms with van der Waals surface area (Å²) in [6.45, 7) is 15.1. The highest BCUT2D eigenvalue weighted by molar-refractivity contribution is 6.13. The zero-order chi connectivity index (χ0) is 15.0. The van der Waals surface area contributed by atoms with Crippen LogP contribution in [0.2, 0.25) is 0 Å². The molecule has 0 aliphatic heterocycles. The Hall–Kier alpha value is -2.22. The van der Waals surface area contributed by atoms with E-state index in [2.05, 4.69) is 47.9 Å². The Bertz CT molecular complexity index is 552. The molecule has 0 aromatic rings. The largest absolute Gasteiger partial charge is 0.234 e. The Balaban J connectivity index is 3.19. The van der Waals surface area contributed by atoms with Crippen molar-refractivity contribution in [1.82, 2.24) is 0 Å². The van der Waals surface area contributed by atoms with Gasteiger partial charge < -0.3 is 0 Å². The molecule has 1 aliphatic carbocycles. The van der Waals surface area contributed by atoms with Crippen LogP contribution in [0.25, 0.3) is 0 Å². The third-order valence-corrected chi connectivity index (χ3v) is 2.76. The average Bonchev–Trinajstić information content (AvgIpc) is 2.44. The number of rotatable bonds is 5. The Kier molecular flexibility index (Phi) is 6.38. The Morgan fingerprint density at radius 3 is 2.45 bits per heavy atom. The van der Waals surface area contributed by atoms with Gasteiger partial charge in [0.25, 0.3) is 0 Å². The fourth-order valence-electron chi connectivity index (χ4n) is 1.80. The summed E-state index contributed by atoms with van der Waals surface area (Å²) >= 11 is 0. The van der Waals surface area contributed by atoms with Crippen LogP contribution in [0, 0.1) is 0 Å². The standard InChI is InChI=1S/C18H22N2/c1-6-11-16(7-2)15(5)20-18(19-14(3)4)17-12-9-8-10-13-17/h6-7,9,11-13H,1-3,8,10H2,4-5H3/b16-11+,19-18?,20-15?. The number of nitrogens with zero attached hydrogens (tertiary/aromatic N) is 2. The zero-order valence-corrected chi connectivity index (χ0v) is 12.4. The Morgan fingerprint density at radius 2 is 1.95 bits per heavy atom. The fourth-order valence-corrected chi connectivity index (χ4v) is 1.80. The van der Waals surface area contributed by atoms with Crippen molar-refractivity contribution in [1.29, 1.82) is 0 Å². The van der Waals surface area contributed by atoms with E-state index in [1.165, 1.54) is 0 Å². The number of hydrogen-bond acceptors (Lipinski definition) is 1. The van der Waals surface area contributed by atoms with Crippen molar-refractivity contribution in [2.45, 2.75) is 26.7 Å². The molecule has 0 atom stereocenters. The Morgan fingerprint density at radius 1 is 1.20 bits per heavy atom. The summed E-state index contributed by atoms with van der Waals surface area (Å²) in [4.78, 5) is 9.07. The van der Waals surface area contributed by atoms with Crippen LogP contribution in [-0.2, 0) is 0 Å². The minimum atomic E-state index is 0.697. The molecule has 0 unspecified atom stereocenters. The van der Waals surface area contributed by atoms with Gasteiger partial charge in [0, 0.05) is 17.0 Å². The highest BCUT2D eigenvalue weighted by Gasteiger charge is 2.07. The second-order valence-electron chi connectivity index (χ2n) is 4.57. The van der Waals surface area contributed by atoms with E-state index in [1.807, 2.05) is 19.9 Å². The quantitative estimate of drug-likeness (QED) is 0.382. The van der Waals surface area contributed by atoms with Crippen LogP contribution in [0.3, 0.4) is 0 Å².